The number of hydrogen-bond donors (Lipinski definition) is 1. The summed E-state index contributed by atoms with van der Waals surface area (Å²) in [4.78, 5) is 9.99. The molecular weight excluding hydrogens is 166 g/mol. The number of rotatable bonds is 4. The number of hydrogen-bond acceptors (Lipinski definition) is 2. The average Bonchev–Trinajstić information content (AvgIpc) is 2.19. The van der Waals surface area contributed by atoms with E-state index in [2.05, 4.69) is 0 Å². The fraction of sp³-hybridized carbons (Fsp3) is 0.100. The molecule has 0 bridgehead atoms. The quantitative estimate of drug-likeness (QED) is 0.430. The lowest BCUT2D eigenvalue weighted by molar-refractivity contribution is -0.147. The second-order valence-corrected chi connectivity index (χ2v) is 2.54. The third-order valence-electron chi connectivity index (χ3n) is 1.52. The van der Waals surface area contributed by atoms with Crippen LogP contribution in [0.1, 0.15) is 5.56 Å². The van der Waals surface area contributed by atoms with Crippen molar-refractivity contribution in [3.05, 3.63) is 42.0 Å². The second kappa shape index (κ2) is 5.11. The third-order valence-corrected chi connectivity index (χ3v) is 1.52. The summed E-state index contributed by atoms with van der Waals surface area (Å²) < 4.78 is 0. The monoisotopic (exact) mass is 177 g/mol. The Hall–Kier alpha value is -1.61. The predicted molar refractivity (Wildman–Crippen MR) is 50.0 cm³/mol. The van der Waals surface area contributed by atoms with E-state index in [-0.39, 0.29) is 6.54 Å². The lowest BCUT2D eigenvalue weighted by atomic mass is 10.2. The van der Waals surface area contributed by atoms with Crippen molar-refractivity contribution in [1.29, 1.82) is 0 Å². The van der Waals surface area contributed by atoms with Crippen LogP contribution in [0.2, 0.25) is 0 Å². The van der Waals surface area contributed by atoms with Gasteiger partial charge in [0.25, 0.3) is 0 Å². The maximum Gasteiger partial charge on any atom is 0.233 e. The van der Waals surface area contributed by atoms with Crippen molar-refractivity contribution in [2.24, 2.45) is 0 Å². The number of benzene rings is 1. The highest BCUT2D eigenvalue weighted by Crippen LogP contribution is 2.00. The Bertz CT molecular complexity index is 282. The first-order valence-corrected chi connectivity index (χ1v) is 3.95. The Morgan fingerprint density at radius 3 is 2.62 bits per heavy atom. The minimum Gasteiger partial charge on any atom is -0.286 e. The van der Waals surface area contributed by atoms with Crippen LogP contribution in [0, 0.1) is 0 Å². The van der Waals surface area contributed by atoms with Crippen molar-refractivity contribution < 1.29 is 10.0 Å². The van der Waals surface area contributed by atoms with Crippen LogP contribution in [-0.4, -0.2) is 23.2 Å². The molecule has 0 saturated carbocycles. The van der Waals surface area contributed by atoms with Gasteiger partial charge in [0.1, 0.15) is 0 Å². The number of carbonyl (C=O) groups excluding carboxylic acids is 1. The normalized spacial score (nSPS) is 10.2. The van der Waals surface area contributed by atoms with Crippen LogP contribution in [0.15, 0.2) is 36.4 Å². The summed E-state index contributed by atoms with van der Waals surface area (Å²) in [5.41, 5.74) is 1.04. The van der Waals surface area contributed by atoms with Crippen molar-refractivity contribution >= 4 is 12.5 Å². The fourth-order valence-corrected chi connectivity index (χ4v) is 0.904. The summed E-state index contributed by atoms with van der Waals surface area (Å²) in [5.74, 6) is 0. The SMILES string of the molecule is O=CN(O)C/C=C/c1ccccc1. The van der Waals surface area contributed by atoms with Crippen LogP contribution in [-0.2, 0) is 4.79 Å². The van der Waals surface area contributed by atoms with Gasteiger partial charge in [-0.05, 0) is 5.56 Å². The Morgan fingerprint density at radius 1 is 1.31 bits per heavy atom. The fourth-order valence-electron chi connectivity index (χ4n) is 0.904. The Balaban J connectivity index is 2.45. The van der Waals surface area contributed by atoms with Crippen LogP contribution in [0.25, 0.3) is 6.08 Å². The zero-order valence-corrected chi connectivity index (χ0v) is 7.13. The molecule has 0 aliphatic rings. The van der Waals surface area contributed by atoms with Crippen molar-refractivity contribution in [3.8, 4) is 0 Å². The van der Waals surface area contributed by atoms with Gasteiger partial charge in [-0.15, -0.1) is 0 Å². The third kappa shape index (κ3) is 3.53. The van der Waals surface area contributed by atoms with E-state index in [1.54, 1.807) is 6.08 Å². The minimum absolute atomic E-state index is 0.207. The molecule has 0 unspecified atom stereocenters. The molecule has 0 atom stereocenters. The molecule has 13 heavy (non-hydrogen) atoms. The van der Waals surface area contributed by atoms with E-state index in [1.165, 1.54) is 0 Å². The highest BCUT2D eigenvalue weighted by Gasteiger charge is 1.88. The van der Waals surface area contributed by atoms with E-state index >= 15 is 0 Å². The molecule has 0 radical (unpaired) electrons. The number of nitrogens with zero attached hydrogens (tertiary/aromatic N) is 1. The predicted octanol–water partition coefficient (Wildman–Crippen LogP) is 1.55. The topological polar surface area (TPSA) is 40.5 Å². The van der Waals surface area contributed by atoms with E-state index in [9.17, 15) is 4.79 Å². The molecule has 1 N–H and O–H groups in total. The summed E-state index contributed by atoms with van der Waals surface area (Å²) in [6.07, 6.45) is 3.92. The maximum absolute atomic E-state index is 9.99. The van der Waals surface area contributed by atoms with Gasteiger partial charge in [0.15, 0.2) is 0 Å². The van der Waals surface area contributed by atoms with Gasteiger partial charge >= 0.3 is 0 Å². The van der Waals surface area contributed by atoms with Crippen LogP contribution < -0.4 is 0 Å². The van der Waals surface area contributed by atoms with E-state index in [4.69, 9.17) is 5.21 Å². The van der Waals surface area contributed by atoms with Gasteiger partial charge in [-0.2, -0.15) is 0 Å². The molecule has 1 aromatic carbocycles. The van der Waals surface area contributed by atoms with Crippen LogP contribution in [0.5, 0.6) is 0 Å². The summed E-state index contributed by atoms with van der Waals surface area (Å²) in [7, 11) is 0. The van der Waals surface area contributed by atoms with E-state index < -0.39 is 0 Å². The summed E-state index contributed by atoms with van der Waals surface area (Å²) in [6, 6.07) is 9.67. The molecule has 0 saturated heterocycles. The molecule has 1 aromatic rings. The van der Waals surface area contributed by atoms with Gasteiger partial charge in [-0.25, -0.2) is 5.06 Å². The molecule has 68 valence electrons. The molecule has 0 aliphatic carbocycles. The number of amides is 1. The first-order valence-electron chi connectivity index (χ1n) is 3.95. The van der Waals surface area contributed by atoms with Crippen molar-refractivity contribution in [1.82, 2.24) is 5.06 Å². The largest absolute Gasteiger partial charge is 0.286 e. The van der Waals surface area contributed by atoms with Crippen molar-refractivity contribution in [3.63, 3.8) is 0 Å². The first kappa shape index (κ1) is 9.48. The highest BCUT2D eigenvalue weighted by molar-refractivity contribution is 5.50. The highest BCUT2D eigenvalue weighted by atomic mass is 16.5. The summed E-state index contributed by atoms with van der Waals surface area (Å²) in [5, 5.41) is 9.33. The van der Waals surface area contributed by atoms with Gasteiger partial charge in [0.2, 0.25) is 6.41 Å². The van der Waals surface area contributed by atoms with Gasteiger partial charge in [-0.1, -0.05) is 42.5 Å². The Morgan fingerprint density at radius 2 is 2.00 bits per heavy atom. The summed E-state index contributed by atoms with van der Waals surface area (Å²) >= 11 is 0. The average molecular weight is 177 g/mol. The number of hydroxylamine groups is 2. The first-order chi connectivity index (χ1) is 6.33. The molecular formula is C10H11NO2. The second-order valence-electron chi connectivity index (χ2n) is 2.54. The molecule has 0 spiro atoms. The van der Waals surface area contributed by atoms with Crippen molar-refractivity contribution in [2.45, 2.75) is 0 Å². The van der Waals surface area contributed by atoms with Gasteiger partial charge in [-0.3, -0.25) is 10.0 Å². The molecule has 1 amide bonds. The molecule has 0 heterocycles. The Labute approximate surface area is 76.9 Å². The standard InChI is InChI=1S/C10H11NO2/c12-9-11(13)8-4-7-10-5-2-1-3-6-10/h1-7,9,13H,8H2/b7-4+. The van der Waals surface area contributed by atoms with Crippen LogP contribution in [0.4, 0.5) is 0 Å². The number of carbonyl (C=O) groups is 1. The van der Waals surface area contributed by atoms with Crippen molar-refractivity contribution in [2.75, 3.05) is 6.54 Å². The molecule has 3 nitrogen and oxygen atoms in total. The zero-order chi connectivity index (χ0) is 9.52. The molecule has 0 fully saturated rings. The smallest absolute Gasteiger partial charge is 0.233 e. The maximum atomic E-state index is 9.99. The lowest BCUT2D eigenvalue weighted by Crippen LogP contribution is -2.15. The van der Waals surface area contributed by atoms with Gasteiger partial charge in [0.05, 0.1) is 6.54 Å². The van der Waals surface area contributed by atoms with E-state index in [0.717, 1.165) is 5.56 Å². The molecule has 0 aliphatic heterocycles. The van der Waals surface area contributed by atoms with Gasteiger partial charge in [0, 0.05) is 0 Å². The van der Waals surface area contributed by atoms with E-state index in [1.807, 2.05) is 36.4 Å². The van der Waals surface area contributed by atoms with E-state index in [0.29, 0.717) is 11.5 Å². The van der Waals surface area contributed by atoms with Gasteiger partial charge < -0.3 is 0 Å². The molecule has 0 aromatic heterocycles. The zero-order valence-electron chi connectivity index (χ0n) is 7.13. The van der Waals surface area contributed by atoms with Crippen LogP contribution >= 0.6 is 0 Å². The van der Waals surface area contributed by atoms with Crippen LogP contribution in [0.3, 0.4) is 0 Å². The molecule has 3 heteroatoms. The minimum atomic E-state index is 0.207. The molecule has 1 rings (SSSR count). The Kier molecular flexibility index (Phi) is 3.73. The summed E-state index contributed by atoms with van der Waals surface area (Å²) in [6.45, 7) is 0.207. The lowest BCUT2D eigenvalue weighted by Gasteiger charge is -2.02.